The Kier molecular flexibility index (Phi) is 6.37. The summed E-state index contributed by atoms with van der Waals surface area (Å²) in [5, 5.41) is 11.9. The first-order valence-electron chi connectivity index (χ1n) is 11.4. The van der Waals surface area contributed by atoms with Crippen LogP contribution >= 0.6 is 12.4 Å². The third-order valence-electron chi connectivity index (χ3n) is 6.79. The first-order valence-corrected chi connectivity index (χ1v) is 11.4. The van der Waals surface area contributed by atoms with Gasteiger partial charge in [-0.1, -0.05) is 0 Å². The summed E-state index contributed by atoms with van der Waals surface area (Å²) in [6, 6.07) is 5.42. The van der Waals surface area contributed by atoms with Crippen LogP contribution in [-0.2, 0) is 13.0 Å². The molecule has 0 spiro atoms. The monoisotopic (exact) mass is 488 g/mol. The van der Waals surface area contributed by atoms with E-state index >= 15 is 0 Å². The number of ether oxygens (including phenoxy) is 2. The van der Waals surface area contributed by atoms with E-state index < -0.39 is 0 Å². The summed E-state index contributed by atoms with van der Waals surface area (Å²) in [4.78, 5) is 19.1. The number of likely N-dealkylation sites (tertiary alicyclic amines) is 1. The zero-order valence-corrected chi connectivity index (χ0v) is 19.4. The quantitative estimate of drug-likeness (QED) is 0.581. The fourth-order valence-corrected chi connectivity index (χ4v) is 5.14. The van der Waals surface area contributed by atoms with Crippen molar-refractivity contribution in [3.63, 3.8) is 0 Å². The summed E-state index contributed by atoms with van der Waals surface area (Å²) >= 11 is 0. The lowest BCUT2D eigenvalue weighted by Gasteiger charge is -2.34. The van der Waals surface area contributed by atoms with Crippen LogP contribution in [-0.4, -0.2) is 63.5 Å². The normalized spacial score (nSPS) is 19.9. The van der Waals surface area contributed by atoms with Crippen LogP contribution in [0, 0.1) is 5.82 Å². The largest absolute Gasteiger partial charge is 0.484 e. The Balaban J connectivity index is 0.00000241. The lowest BCUT2D eigenvalue weighted by molar-refractivity contribution is 0.161. The van der Waals surface area contributed by atoms with E-state index in [2.05, 4.69) is 25.4 Å². The van der Waals surface area contributed by atoms with Crippen molar-refractivity contribution in [1.82, 2.24) is 30.0 Å². The van der Waals surface area contributed by atoms with Gasteiger partial charge in [0.15, 0.2) is 5.75 Å². The van der Waals surface area contributed by atoms with Crippen LogP contribution in [0.3, 0.4) is 0 Å². The number of hydrogen-bond acceptors (Lipinski definition) is 8. The number of nitrogens with zero attached hydrogens (tertiary/aromatic N) is 5. The predicted octanol–water partition coefficient (Wildman–Crippen LogP) is 1.87. The Bertz CT molecular complexity index is 1260. The van der Waals surface area contributed by atoms with Gasteiger partial charge in [0.2, 0.25) is 0 Å². The lowest BCUT2D eigenvalue weighted by atomic mass is 10.0. The number of aromatic nitrogens is 4. The van der Waals surface area contributed by atoms with Gasteiger partial charge in [0.25, 0.3) is 11.4 Å². The van der Waals surface area contributed by atoms with Crippen molar-refractivity contribution < 1.29 is 13.9 Å². The highest BCUT2D eigenvalue weighted by molar-refractivity contribution is 5.85. The molecule has 1 atom stereocenters. The number of piperidine rings is 1. The van der Waals surface area contributed by atoms with Gasteiger partial charge < -0.3 is 24.3 Å². The molecule has 0 amide bonds. The van der Waals surface area contributed by atoms with E-state index in [0.717, 1.165) is 38.2 Å². The molecule has 3 aromatic rings. The molecular formula is C23H26ClFN6O3. The summed E-state index contributed by atoms with van der Waals surface area (Å²) in [5.41, 5.74) is 2.69. The number of nitrogens with one attached hydrogen (secondary N) is 1. The molecule has 9 nitrogen and oxygen atoms in total. The van der Waals surface area contributed by atoms with Gasteiger partial charge in [0, 0.05) is 36.8 Å². The number of halogens is 2. The van der Waals surface area contributed by atoms with Crippen LogP contribution in [0.15, 0.2) is 29.2 Å². The fraction of sp³-hybridized carbons (Fsp3) is 0.478. The van der Waals surface area contributed by atoms with Gasteiger partial charge in [0.1, 0.15) is 19.0 Å². The molecule has 3 aliphatic rings. The van der Waals surface area contributed by atoms with E-state index in [4.69, 9.17) is 9.47 Å². The number of pyridine rings is 2. The molecule has 1 fully saturated rings. The molecular weight excluding hydrogens is 463 g/mol. The van der Waals surface area contributed by atoms with Crippen LogP contribution < -0.4 is 20.3 Å². The second-order valence-electron chi connectivity index (χ2n) is 8.88. The van der Waals surface area contributed by atoms with Crippen molar-refractivity contribution in [2.45, 2.75) is 37.9 Å². The number of fused-ring (bicyclic) bond motifs is 1. The molecule has 6 heterocycles. The lowest BCUT2D eigenvalue weighted by Crippen LogP contribution is -2.44. The minimum atomic E-state index is -0.325. The molecule has 1 saturated heterocycles. The molecule has 11 heteroatoms. The third-order valence-corrected chi connectivity index (χ3v) is 6.79. The molecule has 3 aliphatic heterocycles. The maximum Gasteiger partial charge on any atom is 0.276 e. The first kappa shape index (κ1) is 22.9. The third kappa shape index (κ3) is 4.21. The molecule has 3 aromatic heterocycles. The van der Waals surface area contributed by atoms with Crippen LogP contribution in [0.4, 0.5) is 4.39 Å². The maximum atomic E-state index is 14.4. The molecule has 0 aromatic carbocycles. The second-order valence-corrected chi connectivity index (χ2v) is 8.88. The minimum absolute atomic E-state index is 0. The van der Waals surface area contributed by atoms with Gasteiger partial charge in [-0.3, -0.25) is 9.78 Å². The average Bonchev–Trinajstić information content (AvgIpc) is 3.23. The van der Waals surface area contributed by atoms with E-state index in [0.29, 0.717) is 60.4 Å². The van der Waals surface area contributed by atoms with Gasteiger partial charge in [-0.15, -0.1) is 17.5 Å². The highest BCUT2D eigenvalue weighted by atomic mass is 35.5. The average molecular weight is 489 g/mol. The van der Waals surface area contributed by atoms with Crippen molar-refractivity contribution in [2.24, 2.45) is 0 Å². The van der Waals surface area contributed by atoms with Crippen molar-refractivity contribution in [2.75, 3.05) is 32.8 Å². The highest BCUT2D eigenvalue weighted by Gasteiger charge is 2.31. The molecule has 0 bridgehead atoms. The Morgan fingerprint density at radius 2 is 1.97 bits per heavy atom. The summed E-state index contributed by atoms with van der Waals surface area (Å²) in [6.07, 6.45) is 3.78. The highest BCUT2D eigenvalue weighted by Crippen LogP contribution is 2.32. The summed E-state index contributed by atoms with van der Waals surface area (Å²) in [6.45, 7) is 4.22. The van der Waals surface area contributed by atoms with Gasteiger partial charge in [-0.2, -0.15) is 5.10 Å². The van der Waals surface area contributed by atoms with Gasteiger partial charge in [-0.05, 0) is 38.4 Å². The SMILES string of the molecule is Cl.O=c1ccc2ncc(F)c3c2n1C(CN1CCC(NCc2cc4c(nn2)OCCO4)CC1)C3. The van der Waals surface area contributed by atoms with E-state index in [-0.39, 0.29) is 29.8 Å². The molecule has 1 N–H and O–H groups in total. The van der Waals surface area contributed by atoms with Crippen molar-refractivity contribution in [1.29, 1.82) is 0 Å². The van der Waals surface area contributed by atoms with Crippen LogP contribution in [0.2, 0.25) is 0 Å². The van der Waals surface area contributed by atoms with E-state index in [1.807, 2.05) is 6.07 Å². The van der Waals surface area contributed by atoms with Crippen molar-refractivity contribution >= 4 is 23.4 Å². The minimum Gasteiger partial charge on any atom is -0.484 e. The van der Waals surface area contributed by atoms with E-state index in [9.17, 15) is 9.18 Å². The molecule has 1 unspecified atom stereocenters. The summed E-state index contributed by atoms with van der Waals surface area (Å²) in [7, 11) is 0. The first-order chi connectivity index (χ1) is 16.2. The topological polar surface area (TPSA) is 94.4 Å². The molecule has 0 aliphatic carbocycles. The molecule has 180 valence electrons. The smallest absolute Gasteiger partial charge is 0.276 e. The maximum absolute atomic E-state index is 14.4. The second kappa shape index (κ2) is 9.44. The zero-order valence-electron chi connectivity index (χ0n) is 18.6. The predicted molar refractivity (Wildman–Crippen MR) is 125 cm³/mol. The summed E-state index contributed by atoms with van der Waals surface area (Å²) < 4.78 is 27.1. The fourth-order valence-electron chi connectivity index (χ4n) is 5.14. The Morgan fingerprint density at radius 1 is 1.15 bits per heavy atom. The number of hydrogen-bond donors (Lipinski definition) is 1. The van der Waals surface area contributed by atoms with Crippen LogP contribution in [0.25, 0.3) is 11.0 Å². The molecule has 0 saturated carbocycles. The Morgan fingerprint density at radius 3 is 2.82 bits per heavy atom. The Labute approximate surface area is 201 Å². The number of rotatable bonds is 5. The van der Waals surface area contributed by atoms with E-state index in [1.54, 1.807) is 10.6 Å². The molecule has 34 heavy (non-hydrogen) atoms. The van der Waals surface area contributed by atoms with Gasteiger partial charge >= 0.3 is 0 Å². The van der Waals surface area contributed by atoms with Crippen LogP contribution in [0.5, 0.6) is 11.6 Å². The standard InChI is InChI=1S/C23H25FN6O3.ClH/c24-18-12-26-19-1-2-21(31)30-16(10-17(18)22(19)30)13-29-5-3-14(4-6-29)25-11-15-9-20-23(28-27-15)33-8-7-32-20;/h1-2,9,12,14,16,25H,3-8,10-11,13H2;1H. The van der Waals surface area contributed by atoms with Gasteiger partial charge in [-0.25, -0.2) is 4.39 Å². The summed E-state index contributed by atoms with van der Waals surface area (Å²) in [5.74, 6) is 0.782. The zero-order chi connectivity index (χ0) is 22.4. The molecule has 0 radical (unpaired) electrons. The molecule has 6 rings (SSSR count). The van der Waals surface area contributed by atoms with Crippen LogP contribution in [0.1, 0.15) is 30.1 Å². The Hall–Kier alpha value is -2.82. The van der Waals surface area contributed by atoms with Gasteiger partial charge in [0.05, 0.1) is 29.0 Å². The van der Waals surface area contributed by atoms with Crippen molar-refractivity contribution in [3.05, 3.63) is 51.8 Å². The van der Waals surface area contributed by atoms with E-state index in [1.165, 1.54) is 12.3 Å². The van der Waals surface area contributed by atoms with Crippen molar-refractivity contribution in [3.8, 4) is 11.6 Å².